The van der Waals surface area contributed by atoms with Gasteiger partial charge < -0.3 is 40.1 Å². The van der Waals surface area contributed by atoms with Crippen LogP contribution < -0.4 is 9.47 Å². The van der Waals surface area contributed by atoms with E-state index in [1.807, 2.05) is 0 Å². The molecule has 4 aromatic carbocycles. The number of benzene rings is 4. The van der Waals surface area contributed by atoms with Gasteiger partial charge in [-0.05, 0) is 59.7 Å². The SMILES string of the molecule is Oc1cc(O)cc(/C=C/c2ccc3c(c2)OC(c2cc(O)cc(O)c2)C(c2ccc(O)c(O)c2)O3)c1. The Kier molecular flexibility index (Phi) is 5.69. The Morgan fingerprint density at radius 1 is 0.472 bits per heavy atom. The number of hydrogen-bond donors (Lipinski definition) is 6. The quantitative estimate of drug-likeness (QED) is 0.168. The summed E-state index contributed by atoms with van der Waals surface area (Å²) in [6.07, 6.45) is 1.90. The smallest absolute Gasteiger partial charge is 0.165 e. The third-order valence-electron chi connectivity index (χ3n) is 5.73. The minimum atomic E-state index is -0.818. The van der Waals surface area contributed by atoms with E-state index < -0.39 is 12.2 Å². The molecule has 0 spiro atoms. The molecule has 8 nitrogen and oxygen atoms in total. The highest BCUT2D eigenvalue weighted by Gasteiger charge is 2.35. The maximum atomic E-state index is 10.0. The Hall–Kier alpha value is -4.98. The van der Waals surface area contributed by atoms with Gasteiger partial charge in [0.05, 0.1) is 0 Å². The number of ether oxygens (including phenoxy) is 2. The summed E-state index contributed by atoms with van der Waals surface area (Å²) in [6, 6.07) is 17.9. The predicted octanol–water partition coefficient (Wildman–Crippen LogP) is 5.34. The fraction of sp³-hybridized carbons (Fsp3) is 0.0714. The molecule has 0 aromatic heterocycles. The minimum absolute atomic E-state index is 0.0552. The lowest BCUT2D eigenvalue weighted by atomic mass is 9.95. The highest BCUT2D eigenvalue weighted by atomic mass is 16.6. The van der Waals surface area contributed by atoms with Crippen molar-refractivity contribution in [1.82, 2.24) is 0 Å². The van der Waals surface area contributed by atoms with Crippen molar-refractivity contribution in [3.05, 3.63) is 95.1 Å². The van der Waals surface area contributed by atoms with Crippen molar-refractivity contribution in [3.63, 3.8) is 0 Å². The van der Waals surface area contributed by atoms with Gasteiger partial charge in [0.1, 0.15) is 23.0 Å². The van der Waals surface area contributed by atoms with Gasteiger partial charge in [-0.15, -0.1) is 0 Å². The van der Waals surface area contributed by atoms with Crippen LogP contribution in [-0.4, -0.2) is 30.6 Å². The van der Waals surface area contributed by atoms with Gasteiger partial charge >= 0.3 is 0 Å². The van der Waals surface area contributed by atoms with Gasteiger partial charge in [-0.2, -0.15) is 0 Å². The molecule has 1 heterocycles. The first-order chi connectivity index (χ1) is 17.2. The highest BCUT2D eigenvalue weighted by molar-refractivity contribution is 5.72. The van der Waals surface area contributed by atoms with Crippen LogP contribution in [-0.2, 0) is 0 Å². The van der Waals surface area contributed by atoms with Crippen molar-refractivity contribution in [1.29, 1.82) is 0 Å². The maximum Gasteiger partial charge on any atom is 0.165 e. The van der Waals surface area contributed by atoms with Gasteiger partial charge in [-0.25, -0.2) is 0 Å². The Bertz CT molecular complexity index is 1440. The van der Waals surface area contributed by atoms with E-state index in [9.17, 15) is 30.6 Å². The normalized spacial score (nSPS) is 16.8. The predicted molar refractivity (Wildman–Crippen MR) is 131 cm³/mol. The number of phenolic OH excluding ortho intramolecular Hbond substituents is 6. The Morgan fingerprint density at radius 3 is 1.72 bits per heavy atom. The van der Waals surface area contributed by atoms with Crippen molar-refractivity contribution < 1.29 is 40.1 Å². The number of aromatic hydroxyl groups is 6. The van der Waals surface area contributed by atoms with Crippen LogP contribution in [0.4, 0.5) is 0 Å². The topological polar surface area (TPSA) is 140 Å². The second-order valence-electron chi connectivity index (χ2n) is 8.43. The zero-order valence-electron chi connectivity index (χ0n) is 18.7. The monoisotopic (exact) mass is 486 g/mol. The lowest BCUT2D eigenvalue weighted by Crippen LogP contribution is -2.26. The Balaban J connectivity index is 1.52. The molecule has 0 bridgehead atoms. The van der Waals surface area contributed by atoms with Crippen LogP contribution >= 0.6 is 0 Å². The number of hydrogen-bond acceptors (Lipinski definition) is 8. The van der Waals surface area contributed by atoms with Crippen LogP contribution in [0.25, 0.3) is 12.2 Å². The molecule has 0 fully saturated rings. The van der Waals surface area contributed by atoms with Crippen molar-refractivity contribution in [2.45, 2.75) is 12.2 Å². The fourth-order valence-electron chi connectivity index (χ4n) is 4.11. The molecule has 0 radical (unpaired) electrons. The standard InChI is InChI=1S/C28H22O8/c29-19-7-16(8-20(30)13-19)2-1-15-3-6-25-26(9-15)36-28(18-10-21(31)14-22(32)11-18)27(35-25)17-4-5-23(33)24(34)12-17/h1-14,27-34H/b2-1+. The zero-order valence-corrected chi connectivity index (χ0v) is 18.7. The van der Waals surface area contributed by atoms with Gasteiger partial charge in [0.25, 0.3) is 0 Å². The van der Waals surface area contributed by atoms with Crippen LogP contribution in [0.2, 0.25) is 0 Å². The van der Waals surface area contributed by atoms with Gasteiger partial charge in [-0.3, -0.25) is 0 Å². The largest absolute Gasteiger partial charge is 0.508 e. The van der Waals surface area contributed by atoms with Crippen LogP contribution in [0, 0.1) is 0 Å². The summed E-state index contributed by atoms with van der Waals surface area (Å²) in [7, 11) is 0. The fourth-order valence-corrected chi connectivity index (χ4v) is 4.11. The van der Waals surface area contributed by atoms with E-state index in [1.54, 1.807) is 36.4 Å². The van der Waals surface area contributed by atoms with Crippen molar-refractivity contribution in [2.24, 2.45) is 0 Å². The third kappa shape index (κ3) is 4.65. The summed E-state index contributed by atoms with van der Waals surface area (Å²) < 4.78 is 12.5. The van der Waals surface area contributed by atoms with Crippen molar-refractivity contribution in [2.75, 3.05) is 0 Å². The molecule has 2 unspecified atom stereocenters. The summed E-state index contributed by atoms with van der Waals surface area (Å²) in [6.45, 7) is 0. The van der Waals surface area contributed by atoms with E-state index in [0.29, 0.717) is 28.2 Å². The molecule has 0 aliphatic carbocycles. The van der Waals surface area contributed by atoms with Gasteiger partial charge in [0.15, 0.2) is 35.2 Å². The van der Waals surface area contributed by atoms with Gasteiger partial charge in [0.2, 0.25) is 0 Å². The summed E-state index contributed by atoms with van der Waals surface area (Å²) in [5, 5.41) is 59.2. The number of rotatable bonds is 4. The van der Waals surface area contributed by atoms with Crippen LogP contribution in [0.5, 0.6) is 46.0 Å². The Morgan fingerprint density at radius 2 is 1.06 bits per heavy atom. The second kappa shape index (κ2) is 8.99. The maximum absolute atomic E-state index is 10.0. The number of fused-ring (bicyclic) bond motifs is 1. The van der Waals surface area contributed by atoms with Crippen molar-refractivity contribution >= 4 is 12.2 Å². The van der Waals surface area contributed by atoms with E-state index >= 15 is 0 Å². The molecule has 8 heteroatoms. The molecule has 0 amide bonds. The van der Waals surface area contributed by atoms with E-state index in [0.717, 1.165) is 5.56 Å². The first-order valence-corrected chi connectivity index (χ1v) is 11.0. The molecule has 2 atom stereocenters. The molecule has 5 rings (SSSR count). The van der Waals surface area contributed by atoms with E-state index in [-0.39, 0.29) is 34.5 Å². The van der Waals surface area contributed by atoms with E-state index in [2.05, 4.69) is 0 Å². The highest BCUT2D eigenvalue weighted by Crippen LogP contribution is 2.48. The first kappa shape index (κ1) is 22.8. The average Bonchev–Trinajstić information content (AvgIpc) is 2.82. The lowest BCUT2D eigenvalue weighted by molar-refractivity contribution is 0.0180. The molecule has 36 heavy (non-hydrogen) atoms. The zero-order chi connectivity index (χ0) is 25.4. The summed E-state index contributed by atoms with van der Waals surface area (Å²) in [4.78, 5) is 0. The van der Waals surface area contributed by atoms with Gasteiger partial charge in [-0.1, -0.05) is 24.3 Å². The van der Waals surface area contributed by atoms with Crippen LogP contribution in [0.3, 0.4) is 0 Å². The Labute approximate surface area is 205 Å². The third-order valence-corrected chi connectivity index (χ3v) is 5.73. The molecule has 1 aliphatic heterocycles. The molecular weight excluding hydrogens is 464 g/mol. The molecule has 1 aliphatic rings. The summed E-state index contributed by atoms with van der Waals surface area (Å²) >= 11 is 0. The molecule has 4 aromatic rings. The number of phenols is 6. The molecule has 0 saturated heterocycles. The minimum Gasteiger partial charge on any atom is -0.508 e. The molecule has 0 saturated carbocycles. The summed E-state index contributed by atoms with van der Waals surface area (Å²) in [5.41, 5.74) is 2.30. The van der Waals surface area contributed by atoms with Crippen LogP contribution in [0.1, 0.15) is 34.5 Å². The second-order valence-corrected chi connectivity index (χ2v) is 8.43. The molecule has 6 N–H and O–H groups in total. The van der Waals surface area contributed by atoms with E-state index in [4.69, 9.17) is 9.47 Å². The lowest BCUT2D eigenvalue weighted by Gasteiger charge is -2.35. The summed E-state index contributed by atoms with van der Waals surface area (Å²) in [5.74, 6) is -0.184. The molecular formula is C28H22O8. The van der Waals surface area contributed by atoms with Gasteiger partial charge in [0, 0.05) is 23.3 Å². The average molecular weight is 486 g/mol. The van der Waals surface area contributed by atoms with Crippen molar-refractivity contribution in [3.8, 4) is 46.0 Å². The van der Waals surface area contributed by atoms with E-state index in [1.165, 1.54) is 48.5 Å². The molecule has 182 valence electrons. The first-order valence-electron chi connectivity index (χ1n) is 11.0. The van der Waals surface area contributed by atoms with Crippen LogP contribution in [0.15, 0.2) is 72.8 Å².